The van der Waals surface area contributed by atoms with Crippen LogP contribution in [0.1, 0.15) is 24.1 Å². The summed E-state index contributed by atoms with van der Waals surface area (Å²) in [7, 11) is 0. The Balaban J connectivity index is 2.06. The molecule has 0 saturated carbocycles. The maximum atomic E-state index is 9.59. The van der Waals surface area contributed by atoms with Crippen LogP contribution in [0.25, 0.3) is 0 Å². The largest absolute Gasteiger partial charge is 0.395 e. The predicted molar refractivity (Wildman–Crippen MR) is 89.0 cm³/mol. The van der Waals surface area contributed by atoms with Crippen LogP contribution in [-0.4, -0.2) is 17.8 Å². The highest BCUT2D eigenvalue weighted by atomic mass is 35.5. The summed E-state index contributed by atoms with van der Waals surface area (Å²) in [4.78, 5) is 0. The van der Waals surface area contributed by atoms with Gasteiger partial charge in [0.15, 0.2) is 0 Å². The van der Waals surface area contributed by atoms with Gasteiger partial charge in [0.25, 0.3) is 0 Å². The lowest BCUT2D eigenvalue weighted by Crippen LogP contribution is -2.36. The number of rotatable bonds is 6. The predicted octanol–water partition coefficient (Wildman–Crippen LogP) is 4.25. The fourth-order valence-electron chi connectivity index (χ4n) is 2.37. The normalized spacial score (nSPS) is 13.9. The van der Waals surface area contributed by atoms with Gasteiger partial charge in [-0.25, -0.2) is 0 Å². The van der Waals surface area contributed by atoms with Crippen LogP contribution >= 0.6 is 23.2 Å². The molecule has 0 bridgehead atoms. The standard InChI is InChI=1S/C17H19Cl2NO/c1-12(15-8-5-9-16(18)17(15)19)20-14(11-21)10-13-6-3-2-4-7-13/h2-9,12,14,20-21H,10-11H2,1H3. The van der Waals surface area contributed by atoms with Gasteiger partial charge in [0, 0.05) is 12.1 Å². The average Bonchev–Trinajstić information content (AvgIpc) is 2.50. The number of halogens is 2. The van der Waals surface area contributed by atoms with Gasteiger partial charge in [0.1, 0.15) is 0 Å². The van der Waals surface area contributed by atoms with E-state index in [-0.39, 0.29) is 18.7 Å². The average molecular weight is 324 g/mol. The Morgan fingerprint density at radius 1 is 1.05 bits per heavy atom. The summed E-state index contributed by atoms with van der Waals surface area (Å²) in [5.74, 6) is 0. The molecule has 2 aromatic rings. The molecule has 0 heterocycles. The minimum absolute atomic E-state index is 0.0112. The first-order chi connectivity index (χ1) is 10.1. The van der Waals surface area contributed by atoms with E-state index in [1.165, 1.54) is 5.56 Å². The molecule has 0 aliphatic heterocycles. The van der Waals surface area contributed by atoms with Crippen LogP contribution in [0.2, 0.25) is 10.0 Å². The fourth-order valence-corrected chi connectivity index (χ4v) is 2.84. The number of aliphatic hydroxyl groups is 1. The van der Waals surface area contributed by atoms with Gasteiger partial charge in [-0.2, -0.15) is 0 Å². The minimum Gasteiger partial charge on any atom is -0.395 e. The van der Waals surface area contributed by atoms with Gasteiger partial charge >= 0.3 is 0 Å². The molecule has 2 unspecified atom stereocenters. The molecule has 4 heteroatoms. The van der Waals surface area contributed by atoms with Crippen LogP contribution in [0.4, 0.5) is 0 Å². The van der Waals surface area contributed by atoms with Crippen LogP contribution < -0.4 is 5.32 Å². The zero-order valence-electron chi connectivity index (χ0n) is 11.9. The summed E-state index contributed by atoms with van der Waals surface area (Å²) < 4.78 is 0. The third-order valence-electron chi connectivity index (χ3n) is 3.48. The van der Waals surface area contributed by atoms with Crippen molar-refractivity contribution in [1.82, 2.24) is 5.32 Å². The van der Waals surface area contributed by atoms with Crippen molar-refractivity contribution in [2.45, 2.75) is 25.4 Å². The highest BCUT2D eigenvalue weighted by molar-refractivity contribution is 6.42. The summed E-state index contributed by atoms with van der Waals surface area (Å²) >= 11 is 12.3. The van der Waals surface area contributed by atoms with E-state index in [0.717, 1.165) is 12.0 Å². The van der Waals surface area contributed by atoms with E-state index in [4.69, 9.17) is 23.2 Å². The third-order valence-corrected chi connectivity index (χ3v) is 4.31. The molecule has 2 N–H and O–H groups in total. The maximum Gasteiger partial charge on any atom is 0.0639 e. The zero-order chi connectivity index (χ0) is 15.2. The number of hydrogen-bond donors (Lipinski definition) is 2. The van der Waals surface area contributed by atoms with E-state index in [0.29, 0.717) is 10.0 Å². The van der Waals surface area contributed by atoms with E-state index < -0.39 is 0 Å². The van der Waals surface area contributed by atoms with Crippen molar-refractivity contribution in [3.05, 3.63) is 69.7 Å². The molecular weight excluding hydrogens is 305 g/mol. The van der Waals surface area contributed by atoms with Crippen molar-refractivity contribution in [3.8, 4) is 0 Å². The molecule has 2 aromatic carbocycles. The monoisotopic (exact) mass is 323 g/mol. The number of benzene rings is 2. The molecule has 0 amide bonds. The van der Waals surface area contributed by atoms with Crippen LogP contribution in [0, 0.1) is 0 Å². The SMILES string of the molecule is CC(NC(CO)Cc1ccccc1)c1cccc(Cl)c1Cl. The first-order valence-electron chi connectivity index (χ1n) is 6.96. The molecule has 2 atom stereocenters. The van der Waals surface area contributed by atoms with E-state index in [1.807, 2.05) is 37.3 Å². The number of nitrogens with one attached hydrogen (secondary N) is 1. The zero-order valence-corrected chi connectivity index (χ0v) is 13.4. The second-order valence-corrected chi connectivity index (χ2v) is 5.89. The lowest BCUT2D eigenvalue weighted by atomic mass is 10.0. The van der Waals surface area contributed by atoms with Crippen molar-refractivity contribution in [2.24, 2.45) is 0 Å². The summed E-state index contributed by atoms with van der Waals surface area (Å²) in [5, 5.41) is 14.1. The van der Waals surface area contributed by atoms with Gasteiger partial charge in [0.05, 0.1) is 16.7 Å². The van der Waals surface area contributed by atoms with Gasteiger partial charge < -0.3 is 10.4 Å². The van der Waals surface area contributed by atoms with E-state index in [2.05, 4.69) is 17.4 Å². The second-order valence-electron chi connectivity index (χ2n) is 5.10. The molecule has 0 aromatic heterocycles. The lowest BCUT2D eigenvalue weighted by Gasteiger charge is -2.23. The molecule has 0 spiro atoms. The summed E-state index contributed by atoms with van der Waals surface area (Å²) in [5.41, 5.74) is 2.13. The molecule has 2 rings (SSSR count). The molecule has 2 nitrogen and oxygen atoms in total. The van der Waals surface area contributed by atoms with Crippen LogP contribution in [0.15, 0.2) is 48.5 Å². The molecule has 0 radical (unpaired) electrons. The molecule has 0 fully saturated rings. The van der Waals surface area contributed by atoms with Gasteiger partial charge in [-0.05, 0) is 30.5 Å². The smallest absolute Gasteiger partial charge is 0.0639 e. The van der Waals surface area contributed by atoms with Crippen LogP contribution in [-0.2, 0) is 6.42 Å². The Kier molecular flexibility index (Phi) is 6.07. The third kappa shape index (κ3) is 4.45. The molecule has 112 valence electrons. The first kappa shape index (κ1) is 16.3. The minimum atomic E-state index is -0.0301. The number of hydrogen-bond acceptors (Lipinski definition) is 2. The highest BCUT2D eigenvalue weighted by Crippen LogP contribution is 2.30. The summed E-state index contributed by atoms with van der Waals surface area (Å²) in [6.07, 6.45) is 0.764. The molecular formula is C17H19Cl2NO. The van der Waals surface area contributed by atoms with Crippen molar-refractivity contribution in [1.29, 1.82) is 0 Å². The Morgan fingerprint density at radius 3 is 2.43 bits per heavy atom. The lowest BCUT2D eigenvalue weighted by molar-refractivity contribution is 0.232. The second kappa shape index (κ2) is 7.81. The topological polar surface area (TPSA) is 32.3 Å². The Labute approximate surface area is 135 Å². The maximum absolute atomic E-state index is 9.59. The van der Waals surface area contributed by atoms with Gasteiger partial charge in [-0.15, -0.1) is 0 Å². The van der Waals surface area contributed by atoms with Crippen molar-refractivity contribution >= 4 is 23.2 Å². The molecule has 0 aliphatic rings. The van der Waals surface area contributed by atoms with Crippen LogP contribution in [0.5, 0.6) is 0 Å². The van der Waals surface area contributed by atoms with Crippen molar-refractivity contribution < 1.29 is 5.11 Å². The first-order valence-corrected chi connectivity index (χ1v) is 7.72. The number of aliphatic hydroxyl groups excluding tert-OH is 1. The highest BCUT2D eigenvalue weighted by Gasteiger charge is 2.16. The van der Waals surface area contributed by atoms with Gasteiger partial charge in [0.2, 0.25) is 0 Å². The van der Waals surface area contributed by atoms with E-state index in [1.54, 1.807) is 6.07 Å². The fraction of sp³-hybridized carbons (Fsp3) is 0.294. The molecule has 0 aliphatic carbocycles. The molecule has 0 saturated heterocycles. The van der Waals surface area contributed by atoms with Crippen molar-refractivity contribution in [3.63, 3.8) is 0 Å². The Morgan fingerprint density at radius 2 is 1.76 bits per heavy atom. The Bertz CT molecular complexity index is 574. The Hall–Kier alpha value is -1.06. The van der Waals surface area contributed by atoms with Crippen molar-refractivity contribution in [2.75, 3.05) is 6.61 Å². The summed E-state index contributed by atoms with van der Waals surface area (Å²) in [6.45, 7) is 2.09. The van der Waals surface area contributed by atoms with E-state index in [9.17, 15) is 5.11 Å². The van der Waals surface area contributed by atoms with Gasteiger partial charge in [-0.1, -0.05) is 65.7 Å². The van der Waals surface area contributed by atoms with Gasteiger partial charge in [-0.3, -0.25) is 0 Å². The quantitative estimate of drug-likeness (QED) is 0.833. The van der Waals surface area contributed by atoms with Crippen LogP contribution in [0.3, 0.4) is 0 Å². The van der Waals surface area contributed by atoms with E-state index >= 15 is 0 Å². The molecule has 21 heavy (non-hydrogen) atoms. The summed E-state index contributed by atoms with van der Waals surface area (Å²) in [6, 6.07) is 15.7.